The minimum Gasteiger partial charge on any atom is -0.303 e. The zero-order valence-corrected chi connectivity index (χ0v) is 6.89. The molecule has 0 spiro atoms. The third kappa shape index (κ3) is 1.39. The van der Waals surface area contributed by atoms with Gasteiger partial charge in [0.05, 0.1) is 0 Å². The summed E-state index contributed by atoms with van der Waals surface area (Å²) in [5, 5.41) is 0. The van der Waals surface area contributed by atoms with E-state index in [2.05, 4.69) is 13.8 Å². The zero-order chi connectivity index (χ0) is 7.61. The van der Waals surface area contributed by atoms with Gasteiger partial charge in [-0.3, -0.25) is 0 Å². The second-order valence-electron chi connectivity index (χ2n) is 3.98. The molecule has 0 bridgehead atoms. The number of hydrogen-bond donors (Lipinski definition) is 0. The second-order valence-corrected chi connectivity index (χ2v) is 3.98. The Labute approximate surface area is 62.8 Å². The summed E-state index contributed by atoms with van der Waals surface area (Å²) in [6.07, 6.45) is 5.70. The molecule has 1 rings (SSSR count). The van der Waals surface area contributed by atoms with E-state index in [0.29, 0.717) is 11.3 Å². The molecular formula is C9H16O. The molecule has 1 nitrogen and oxygen atoms in total. The van der Waals surface area contributed by atoms with E-state index in [-0.39, 0.29) is 0 Å². The minimum atomic E-state index is 0.431. The van der Waals surface area contributed by atoms with Gasteiger partial charge in [-0.05, 0) is 24.2 Å². The van der Waals surface area contributed by atoms with Crippen molar-refractivity contribution in [3.05, 3.63) is 0 Å². The van der Waals surface area contributed by atoms with Gasteiger partial charge in [-0.2, -0.15) is 0 Å². The quantitative estimate of drug-likeness (QED) is 0.538. The Bertz CT molecular complexity index is 127. The number of rotatable bonds is 2. The van der Waals surface area contributed by atoms with E-state index < -0.39 is 0 Å². The van der Waals surface area contributed by atoms with E-state index in [0.717, 1.165) is 12.7 Å². The molecule has 1 saturated carbocycles. The van der Waals surface area contributed by atoms with E-state index >= 15 is 0 Å². The Kier molecular flexibility index (Phi) is 2.12. The van der Waals surface area contributed by atoms with Gasteiger partial charge in [0.15, 0.2) is 0 Å². The molecule has 0 saturated heterocycles. The van der Waals surface area contributed by atoms with Crippen LogP contribution in [0.2, 0.25) is 0 Å². The van der Waals surface area contributed by atoms with Gasteiger partial charge < -0.3 is 4.79 Å². The smallest absolute Gasteiger partial charge is 0.120 e. The largest absolute Gasteiger partial charge is 0.303 e. The first-order chi connectivity index (χ1) is 4.67. The van der Waals surface area contributed by atoms with Crippen LogP contribution in [0.25, 0.3) is 0 Å². The molecular weight excluding hydrogens is 124 g/mol. The van der Waals surface area contributed by atoms with Gasteiger partial charge in [0.1, 0.15) is 6.29 Å². The van der Waals surface area contributed by atoms with Crippen LogP contribution in [0.15, 0.2) is 0 Å². The summed E-state index contributed by atoms with van der Waals surface area (Å²) in [7, 11) is 0. The van der Waals surface area contributed by atoms with Crippen molar-refractivity contribution in [1.82, 2.24) is 0 Å². The predicted octanol–water partition coefficient (Wildman–Crippen LogP) is 2.40. The molecule has 1 heteroatoms. The zero-order valence-electron chi connectivity index (χ0n) is 6.89. The summed E-state index contributed by atoms with van der Waals surface area (Å²) in [5.41, 5.74) is 0.431. The first-order valence-electron chi connectivity index (χ1n) is 4.10. The minimum absolute atomic E-state index is 0.431. The highest BCUT2D eigenvalue weighted by Crippen LogP contribution is 2.43. The van der Waals surface area contributed by atoms with Crippen LogP contribution in [-0.4, -0.2) is 6.29 Å². The highest BCUT2D eigenvalue weighted by Gasteiger charge is 2.33. The first kappa shape index (κ1) is 7.77. The van der Waals surface area contributed by atoms with E-state index in [9.17, 15) is 4.79 Å². The van der Waals surface area contributed by atoms with Gasteiger partial charge in [0.25, 0.3) is 0 Å². The molecule has 0 radical (unpaired) electrons. The predicted molar refractivity (Wildman–Crippen MR) is 41.8 cm³/mol. The molecule has 1 atom stereocenters. The van der Waals surface area contributed by atoms with Crippen molar-refractivity contribution in [2.45, 2.75) is 39.5 Å². The molecule has 1 aliphatic carbocycles. The number of carbonyl (C=O) groups is 1. The molecule has 0 N–H and O–H groups in total. The summed E-state index contributed by atoms with van der Waals surface area (Å²) in [5.74, 6) is 0.657. The lowest BCUT2D eigenvalue weighted by Crippen LogP contribution is -2.17. The molecule has 1 unspecified atom stereocenters. The number of aldehydes is 1. The topological polar surface area (TPSA) is 17.1 Å². The van der Waals surface area contributed by atoms with Crippen LogP contribution in [-0.2, 0) is 4.79 Å². The van der Waals surface area contributed by atoms with Gasteiger partial charge >= 0.3 is 0 Å². The fourth-order valence-electron chi connectivity index (χ4n) is 1.95. The molecule has 0 aromatic heterocycles. The van der Waals surface area contributed by atoms with Crippen molar-refractivity contribution in [3.63, 3.8) is 0 Å². The molecule has 58 valence electrons. The Morgan fingerprint density at radius 1 is 1.60 bits per heavy atom. The molecule has 0 amide bonds. The molecule has 0 aliphatic heterocycles. The van der Waals surface area contributed by atoms with E-state index in [1.807, 2.05) is 0 Å². The van der Waals surface area contributed by atoms with Gasteiger partial charge in [0.2, 0.25) is 0 Å². The summed E-state index contributed by atoms with van der Waals surface area (Å²) in [6.45, 7) is 4.54. The average molecular weight is 140 g/mol. The van der Waals surface area contributed by atoms with E-state index in [1.54, 1.807) is 0 Å². The van der Waals surface area contributed by atoms with Crippen molar-refractivity contribution in [2.24, 2.45) is 11.3 Å². The summed E-state index contributed by atoms with van der Waals surface area (Å²) in [4.78, 5) is 10.2. The molecule has 0 aromatic carbocycles. The summed E-state index contributed by atoms with van der Waals surface area (Å²) < 4.78 is 0. The third-order valence-corrected chi connectivity index (χ3v) is 2.86. The van der Waals surface area contributed by atoms with Gasteiger partial charge in [-0.1, -0.05) is 20.3 Å². The van der Waals surface area contributed by atoms with Crippen LogP contribution < -0.4 is 0 Å². The maximum Gasteiger partial charge on any atom is 0.120 e. The molecule has 10 heavy (non-hydrogen) atoms. The lowest BCUT2D eigenvalue weighted by Gasteiger charge is -2.24. The fraction of sp³-hybridized carbons (Fsp3) is 0.889. The number of carbonyl (C=O) groups excluding carboxylic acids is 1. The molecule has 1 fully saturated rings. The van der Waals surface area contributed by atoms with E-state index in [1.165, 1.54) is 19.3 Å². The fourth-order valence-corrected chi connectivity index (χ4v) is 1.95. The Morgan fingerprint density at radius 3 is 2.70 bits per heavy atom. The lowest BCUT2D eigenvalue weighted by molar-refractivity contribution is -0.109. The van der Waals surface area contributed by atoms with E-state index in [4.69, 9.17) is 0 Å². The van der Waals surface area contributed by atoms with Crippen molar-refractivity contribution in [2.75, 3.05) is 0 Å². The highest BCUT2D eigenvalue weighted by molar-refractivity contribution is 5.50. The van der Waals surface area contributed by atoms with Crippen LogP contribution in [0.3, 0.4) is 0 Å². The summed E-state index contributed by atoms with van der Waals surface area (Å²) in [6, 6.07) is 0. The normalized spacial score (nSPS) is 30.4. The Balaban J connectivity index is 2.50. The third-order valence-electron chi connectivity index (χ3n) is 2.86. The first-order valence-corrected chi connectivity index (χ1v) is 4.10. The molecule has 0 aromatic rings. The second kappa shape index (κ2) is 2.73. The van der Waals surface area contributed by atoms with Crippen molar-refractivity contribution >= 4 is 6.29 Å². The number of hydrogen-bond acceptors (Lipinski definition) is 1. The SMILES string of the molecule is CC1(C)CCCC1CC=O. The highest BCUT2D eigenvalue weighted by atomic mass is 16.1. The molecule has 0 heterocycles. The van der Waals surface area contributed by atoms with Crippen LogP contribution in [0, 0.1) is 11.3 Å². The van der Waals surface area contributed by atoms with Crippen molar-refractivity contribution in [3.8, 4) is 0 Å². The lowest BCUT2D eigenvalue weighted by atomic mass is 9.80. The maximum absolute atomic E-state index is 10.2. The molecule has 1 aliphatic rings. The Hall–Kier alpha value is -0.330. The van der Waals surface area contributed by atoms with Crippen LogP contribution >= 0.6 is 0 Å². The average Bonchev–Trinajstić information content (AvgIpc) is 2.13. The van der Waals surface area contributed by atoms with Gasteiger partial charge in [-0.25, -0.2) is 0 Å². The standard InChI is InChI=1S/C9H16O/c1-9(2)6-3-4-8(9)5-7-10/h7-8H,3-6H2,1-2H3. The van der Waals surface area contributed by atoms with Crippen molar-refractivity contribution in [1.29, 1.82) is 0 Å². The van der Waals surface area contributed by atoms with Gasteiger partial charge in [0, 0.05) is 6.42 Å². The Morgan fingerprint density at radius 2 is 2.30 bits per heavy atom. The monoisotopic (exact) mass is 140 g/mol. The van der Waals surface area contributed by atoms with Gasteiger partial charge in [-0.15, -0.1) is 0 Å². The van der Waals surface area contributed by atoms with Crippen LogP contribution in [0.4, 0.5) is 0 Å². The van der Waals surface area contributed by atoms with Crippen LogP contribution in [0.1, 0.15) is 39.5 Å². The van der Waals surface area contributed by atoms with Crippen LogP contribution in [0.5, 0.6) is 0 Å². The summed E-state index contributed by atoms with van der Waals surface area (Å²) >= 11 is 0. The van der Waals surface area contributed by atoms with Crippen molar-refractivity contribution < 1.29 is 4.79 Å². The maximum atomic E-state index is 10.2.